The lowest BCUT2D eigenvalue weighted by Crippen LogP contribution is -1.87. The molecule has 0 bridgehead atoms. The molecule has 0 amide bonds. The van der Waals surface area contributed by atoms with Gasteiger partial charge in [0, 0.05) is 16.1 Å². The predicted molar refractivity (Wildman–Crippen MR) is 96.6 cm³/mol. The zero-order valence-electron chi connectivity index (χ0n) is 12.1. The molecule has 0 saturated carbocycles. The molecule has 3 aromatic rings. The standard InChI is InChI=1S/C17H10BrCl2FN2O/c18-11-3-1-2-10(6-11)7-17-23-22-16(24-17)5-4-13-14(19)8-12(21)9-15(13)20/h1-6,8-9H,7H2/b5-4+. The first kappa shape index (κ1) is 17.1. The van der Waals surface area contributed by atoms with Crippen molar-refractivity contribution in [1.29, 1.82) is 0 Å². The second-order valence-electron chi connectivity index (χ2n) is 4.96. The number of nitrogens with zero attached hydrogens (tertiary/aromatic N) is 2. The van der Waals surface area contributed by atoms with E-state index in [1.54, 1.807) is 12.2 Å². The average Bonchev–Trinajstić information content (AvgIpc) is 2.93. The molecule has 2 aromatic carbocycles. The van der Waals surface area contributed by atoms with Crippen molar-refractivity contribution in [2.45, 2.75) is 6.42 Å². The number of rotatable bonds is 4. The maximum atomic E-state index is 13.2. The van der Waals surface area contributed by atoms with Gasteiger partial charge in [-0.25, -0.2) is 4.39 Å². The van der Waals surface area contributed by atoms with E-state index < -0.39 is 5.82 Å². The predicted octanol–water partition coefficient (Wildman–Crippen LogP) is 6.04. The van der Waals surface area contributed by atoms with Gasteiger partial charge in [0.25, 0.3) is 0 Å². The summed E-state index contributed by atoms with van der Waals surface area (Å²) < 4.78 is 19.7. The van der Waals surface area contributed by atoms with E-state index in [-0.39, 0.29) is 10.0 Å². The largest absolute Gasteiger partial charge is 0.421 e. The minimum absolute atomic E-state index is 0.213. The molecule has 0 aliphatic carbocycles. The summed E-state index contributed by atoms with van der Waals surface area (Å²) in [5.74, 6) is 0.316. The van der Waals surface area contributed by atoms with E-state index in [1.165, 1.54) is 12.1 Å². The number of hydrogen-bond donors (Lipinski definition) is 0. The van der Waals surface area contributed by atoms with Crippen molar-refractivity contribution < 1.29 is 8.81 Å². The van der Waals surface area contributed by atoms with Crippen molar-refractivity contribution in [2.24, 2.45) is 0 Å². The lowest BCUT2D eigenvalue weighted by molar-refractivity contribution is 0.496. The van der Waals surface area contributed by atoms with Crippen LogP contribution < -0.4 is 0 Å². The smallest absolute Gasteiger partial charge is 0.240 e. The summed E-state index contributed by atoms with van der Waals surface area (Å²) in [7, 11) is 0. The van der Waals surface area contributed by atoms with Crippen molar-refractivity contribution in [3.8, 4) is 0 Å². The highest BCUT2D eigenvalue weighted by Gasteiger charge is 2.08. The van der Waals surface area contributed by atoms with Crippen molar-refractivity contribution >= 4 is 51.3 Å². The molecule has 1 aromatic heterocycles. The topological polar surface area (TPSA) is 38.9 Å². The van der Waals surface area contributed by atoms with Gasteiger partial charge in [0.15, 0.2) is 0 Å². The second-order valence-corrected chi connectivity index (χ2v) is 6.69. The lowest BCUT2D eigenvalue weighted by atomic mass is 10.1. The van der Waals surface area contributed by atoms with E-state index in [2.05, 4.69) is 26.1 Å². The Morgan fingerprint density at radius 1 is 1.08 bits per heavy atom. The van der Waals surface area contributed by atoms with Crippen molar-refractivity contribution in [3.05, 3.63) is 79.6 Å². The van der Waals surface area contributed by atoms with Crippen molar-refractivity contribution in [3.63, 3.8) is 0 Å². The molecule has 0 spiro atoms. The Balaban J connectivity index is 1.77. The van der Waals surface area contributed by atoms with Gasteiger partial charge in [-0.1, -0.05) is 51.3 Å². The average molecular weight is 428 g/mol. The molecule has 24 heavy (non-hydrogen) atoms. The van der Waals surface area contributed by atoms with Crippen LogP contribution in [0.2, 0.25) is 10.0 Å². The van der Waals surface area contributed by atoms with E-state index >= 15 is 0 Å². The molecule has 0 saturated heterocycles. The Bertz CT molecular complexity index is 888. The first-order valence-electron chi connectivity index (χ1n) is 6.91. The van der Waals surface area contributed by atoms with E-state index in [9.17, 15) is 4.39 Å². The third-order valence-corrected chi connectivity index (χ3v) is 4.28. The Kier molecular flexibility index (Phi) is 5.33. The van der Waals surface area contributed by atoms with Gasteiger partial charge in [0.1, 0.15) is 5.82 Å². The van der Waals surface area contributed by atoms with E-state index in [0.717, 1.165) is 10.0 Å². The summed E-state index contributed by atoms with van der Waals surface area (Å²) in [5, 5.41) is 8.38. The SMILES string of the molecule is Fc1cc(Cl)c(/C=C/c2nnc(Cc3cccc(Br)c3)o2)c(Cl)c1. The van der Waals surface area contributed by atoms with E-state index in [1.807, 2.05) is 24.3 Å². The Hall–Kier alpha value is -1.69. The van der Waals surface area contributed by atoms with Crippen molar-refractivity contribution in [2.75, 3.05) is 0 Å². The highest BCUT2D eigenvalue weighted by Crippen LogP contribution is 2.28. The minimum atomic E-state index is -0.490. The van der Waals surface area contributed by atoms with Crippen LogP contribution in [0.4, 0.5) is 4.39 Å². The van der Waals surface area contributed by atoms with Gasteiger partial charge in [-0.2, -0.15) is 0 Å². The van der Waals surface area contributed by atoms with Crippen LogP contribution >= 0.6 is 39.1 Å². The number of benzene rings is 2. The molecule has 0 aliphatic heterocycles. The summed E-state index contributed by atoms with van der Waals surface area (Å²) in [6.07, 6.45) is 3.72. The molecular weight excluding hydrogens is 418 g/mol. The Morgan fingerprint density at radius 3 is 2.54 bits per heavy atom. The molecule has 3 rings (SSSR count). The van der Waals surface area contributed by atoms with Gasteiger partial charge >= 0.3 is 0 Å². The first-order chi connectivity index (χ1) is 11.5. The van der Waals surface area contributed by atoms with Gasteiger partial charge in [-0.05, 0) is 35.9 Å². The Morgan fingerprint density at radius 2 is 1.83 bits per heavy atom. The molecular formula is C17H10BrCl2FN2O. The highest BCUT2D eigenvalue weighted by molar-refractivity contribution is 9.10. The van der Waals surface area contributed by atoms with Gasteiger partial charge in [-0.15, -0.1) is 10.2 Å². The number of halogens is 4. The van der Waals surface area contributed by atoms with E-state index in [4.69, 9.17) is 27.6 Å². The second kappa shape index (κ2) is 7.47. The molecule has 7 heteroatoms. The third kappa shape index (κ3) is 4.23. The maximum absolute atomic E-state index is 13.2. The van der Waals surface area contributed by atoms with Crippen LogP contribution in [0.1, 0.15) is 22.9 Å². The molecule has 122 valence electrons. The molecule has 3 nitrogen and oxygen atoms in total. The highest BCUT2D eigenvalue weighted by atomic mass is 79.9. The maximum Gasteiger partial charge on any atom is 0.240 e. The van der Waals surface area contributed by atoms with Crippen LogP contribution in [0.3, 0.4) is 0 Å². The fraction of sp³-hybridized carbons (Fsp3) is 0.0588. The van der Waals surface area contributed by atoms with Crippen LogP contribution in [0.15, 0.2) is 45.3 Å². The molecule has 0 unspecified atom stereocenters. The molecule has 0 radical (unpaired) electrons. The van der Waals surface area contributed by atoms with Crippen LogP contribution in [-0.2, 0) is 6.42 Å². The number of aromatic nitrogens is 2. The molecule has 0 aliphatic rings. The van der Waals surface area contributed by atoms with Crippen LogP contribution in [0.5, 0.6) is 0 Å². The summed E-state index contributed by atoms with van der Waals surface area (Å²) in [4.78, 5) is 0. The summed E-state index contributed by atoms with van der Waals surface area (Å²) in [5.41, 5.74) is 1.54. The van der Waals surface area contributed by atoms with Gasteiger partial charge in [-0.3, -0.25) is 0 Å². The van der Waals surface area contributed by atoms with Crippen LogP contribution in [0.25, 0.3) is 12.2 Å². The zero-order chi connectivity index (χ0) is 17.1. The quantitative estimate of drug-likeness (QED) is 0.509. The molecule has 0 fully saturated rings. The summed E-state index contributed by atoms with van der Waals surface area (Å²) >= 11 is 15.4. The summed E-state index contributed by atoms with van der Waals surface area (Å²) in [6, 6.07) is 10.2. The summed E-state index contributed by atoms with van der Waals surface area (Å²) in [6.45, 7) is 0. The van der Waals surface area contributed by atoms with Gasteiger partial charge < -0.3 is 4.42 Å². The first-order valence-corrected chi connectivity index (χ1v) is 8.45. The monoisotopic (exact) mass is 426 g/mol. The third-order valence-electron chi connectivity index (χ3n) is 3.16. The fourth-order valence-corrected chi connectivity index (χ4v) is 3.13. The normalized spacial score (nSPS) is 11.3. The molecule has 1 heterocycles. The fourth-order valence-electron chi connectivity index (χ4n) is 2.09. The van der Waals surface area contributed by atoms with Crippen LogP contribution in [0, 0.1) is 5.82 Å². The van der Waals surface area contributed by atoms with Crippen molar-refractivity contribution in [1.82, 2.24) is 10.2 Å². The molecule has 0 N–H and O–H groups in total. The number of hydrogen-bond acceptors (Lipinski definition) is 3. The lowest BCUT2D eigenvalue weighted by Gasteiger charge is -2.01. The Labute approximate surface area is 156 Å². The molecule has 0 atom stereocenters. The zero-order valence-corrected chi connectivity index (χ0v) is 15.2. The minimum Gasteiger partial charge on any atom is -0.421 e. The van der Waals surface area contributed by atoms with E-state index in [0.29, 0.717) is 23.8 Å². The van der Waals surface area contributed by atoms with Gasteiger partial charge in [0.05, 0.1) is 16.5 Å². The van der Waals surface area contributed by atoms with Gasteiger partial charge in [0.2, 0.25) is 11.8 Å². The van der Waals surface area contributed by atoms with Crippen LogP contribution in [-0.4, -0.2) is 10.2 Å².